The van der Waals surface area contributed by atoms with Crippen LogP contribution in [-0.2, 0) is 19.1 Å². The number of carbonyl (C=O) groups is 3. The van der Waals surface area contributed by atoms with Crippen LogP contribution in [0.1, 0.15) is 76.5 Å². The molecule has 3 heterocycles. The lowest BCUT2D eigenvalue weighted by Crippen LogP contribution is -2.50. The Kier molecular flexibility index (Phi) is 11.9. The van der Waals surface area contributed by atoms with E-state index in [-0.39, 0.29) is 41.6 Å². The van der Waals surface area contributed by atoms with Crippen LogP contribution in [0.3, 0.4) is 0 Å². The monoisotopic (exact) mass is 722 g/mol. The van der Waals surface area contributed by atoms with Crippen LogP contribution in [0.4, 0.5) is 11.4 Å². The normalized spacial score (nSPS) is 21.2. The number of ether oxygens (including phenoxy) is 2. The standard InChI is InChI=1S/C43H54N4O6/c1-6-8-10-30(7-2)28-53-32-13-14-33(29(3)25-32)42-40-34(26-43(4,5)27-37(40)49)44-41-35(11-9-12-36(41)48)47(42)39(51)16-15-38(50)46-19-17-31(18-20-46)45-21-23-52-24-22-45/h6-14,25,31,42,44,48H,1,15-24,26-28H2,2-5H3/b10-8-,30-7+. The fraction of sp³-hybridized carbons (Fsp3) is 0.465. The van der Waals surface area contributed by atoms with Gasteiger partial charge in [-0.2, -0.15) is 0 Å². The van der Waals surface area contributed by atoms with E-state index in [0.29, 0.717) is 67.0 Å². The number of hydrogen-bond acceptors (Lipinski definition) is 8. The minimum Gasteiger partial charge on any atom is -0.506 e. The van der Waals surface area contributed by atoms with E-state index in [1.54, 1.807) is 29.2 Å². The summed E-state index contributed by atoms with van der Waals surface area (Å²) in [5.74, 6) is 0.251. The maximum absolute atomic E-state index is 14.7. The maximum Gasteiger partial charge on any atom is 0.228 e. The van der Waals surface area contributed by atoms with Crippen LogP contribution >= 0.6 is 0 Å². The lowest BCUT2D eigenvalue weighted by molar-refractivity contribution is -0.135. The number of benzene rings is 2. The molecule has 2 amide bonds. The third-order valence-electron chi connectivity index (χ3n) is 11.0. The first-order valence-corrected chi connectivity index (χ1v) is 18.9. The molecule has 1 aliphatic carbocycles. The van der Waals surface area contributed by atoms with Crippen LogP contribution in [0.15, 0.2) is 84.1 Å². The Balaban J connectivity index is 1.30. The van der Waals surface area contributed by atoms with Crippen molar-refractivity contribution in [2.24, 2.45) is 5.41 Å². The molecule has 2 saturated heterocycles. The topological polar surface area (TPSA) is 112 Å². The first kappa shape index (κ1) is 38.1. The van der Waals surface area contributed by atoms with Crippen LogP contribution in [0.5, 0.6) is 11.5 Å². The van der Waals surface area contributed by atoms with Gasteiger partial charge in [-0.3, -0.25) is 24.2 Å². The molecule has 1 unspecified atom stereocenters. The minimum absolute atomic E-state index is 0.0198. The lowest BCUT2D eigenvalue weighted by Gasteiger charge is -2.40. The third kappa shape index (κ3) is 8.60. The van der Waals surface area contributed by atoms with Gasteiger partial charge in [-0.15, -0.1) is 0 Å². The fourth-order valence-corrected chi connectivity index (χ4v) is 8.16. The molecule has 4 aliphatic rings. The van der Waals surface area contributed by atoms with Gasteiger partial charge in [0.25, 0.3) is 0 Å². The number of ketones is 1. The first-order chi connectivity index (χ1) is 25.5. The Morgan fingerprint density at radius 3 is 2.49 bits per heavy atom. The number of piperidine rings is 1. The molecule has 282 valence electrons. The molecule has 2 fully saturated rings. The Labute approximate surface area is 313 Å². The first-order valence-electron chi connectivity index (χ1n) is 18.9. The van der Waals surface area contributed by atoms with Crippen LogP contribution in [0.2, 0.25) is 0 Å². The summed E-state index contributed by atoms with van der Waals surface area (Å²) in [6, 6.07) is 10.5. The molecule has 10 nitrogen and oxygen atoms in total. The number of amides is 2. The van der Waals surface area contributed by atoms with Gasteiger partial charge in [0, 0.05) is 62.8 Å². The number of nitrogens with one attached hydrogen (secondary N) is 1. The van der Waals surface area contributed by atoms with Gasteiger partial charge in [0.2, 0.25) is 11.8 Å². The van der Waals surface area contributed by atoms with Gasteiger partial charge < -0.3 is 24.8 Å². The number of nitrogens with zero attached hydrogens (tertiary/aromatic N) is 3. The number of carbonyl (C=O) groups excluding carboxylic acids is 3. The zero-order valence-electron chi connectivity index (χ0n) is 31.7. The van der Waals surface area contributed by atoms with Gasteiger partial charge in [0.15, 0.2) is 5.78 Å². The number of anilines is 2. The summed E-state index contributed by atoms with van der Waals surface area (Å²) in [6.07, 6.45) is 10.2. The molecule has 3 aliphatic heterocycles. The van der Waals surface area contributed by atoms with E-state index in [4.69, 9.17) is 9.47 Å². The molecule has 53 heavy (non-hydrogen) atoms. The Morgan fingerprint density at radius 2 is 1.79 bits per heavy atom. The Morgan fingerprint density at radius 1 is 1.06 bits per heavy atom. The molecule has 2 aromatic rings. The highest BCUT2D eigenvalue weighted by molar-refractivity contribution is 6.07. The van der Waals surface area contributed by atoms with Crippen LogP contribution in [-0.4, -0.2) is 84.5 Å². The molecule has 10 heteroatoms. The van der Waals surface area contributed by atoms with E-state index >= 15 is 0 Å². The predicted octanol–water partition coefficient (Wildman–Crippen LogP) is 7.01. The number of aromatic hydroxyl groups is 1. The number of hydrogen-bond donors (Lipinski definition) is 2. The number of aryl methyl sites for hydroxylation is 1. The van der Waals surface area contributed by atoms with Crippen LogP contribution in [0, 0.1) is 12.3 Å². The number of fused-ring (bicyclic) bond motifs is 1. The number of phenolic OH excluding ortho intramolecular Hbond substituents is 1. The van der Waals surface area contributed by atoms with Gasteiger partial charge in [-0.05, 0) is 79.5 Å². The number of phenols is 1. The summed E-state index contributed by atoms with van der Waals surface area (Å²) in [6.45, 7) is 16.8. The number of para-hydroxylation sites is 1. The van der Waals surface area contributed by atoms with E-state index in [1.165, 1.54) is 0 Å². The fourth-order valence-electron chi connectivity index (χ4n) is 8.16. The second kappa shape index (κ2) is 16.6. The van der Waals surface area contributed by atoms with Crippen molar-refractivity contribution in [2.45, 2.75) is 78.3 Å². The summed E-state index contributed by atoms with van der Waals surface area (Å²) in [5.41, 5.74) is 4.34. The summed E-state index contributed by atoms with van der Waals surface area (Å²) in [7, 11) is 0. The molecule has 0 saturated carbocycles. The summed E-state index contributed by atoms with van der Waals surface area (Å²) in [5, 5.41) is 14.6. The van der Waals surface area contributed by atoms with Gasteiger partial charge in [0.1, 0.15) is 23.8 Å². The summed E-state index contributed by atoms with van der Waals surface area (Å²) >= 11 is 0. The molecule has 1 atom stereocenters. The van der Waals surface area contributed by atoms with E-state index in [1.807, 2.05) is 55.2 Å². The number of likely N-dealkylation sites (tertiary alicyclic amines) is 1. The van der Waals surface area contributed by atoms with Crippen molar-refractivity contribution in [1.82, 2.24) is 9.80 Å². The molecular formula is C43H54N4O6. The second-order valence-corrected chi connectivity index (χ2v) is 15.3. The highest BCUT2D eigenvalue weighted by Gasteiger charge is 2.44. The molecule has 0 spiro atoms. The van der Waals surface area contributed by atoms with E-state index in [0.717, 1.165) is 55.8 Å². The van der Waals surface area contributed by atoms with Crippen LogP contribution < -0.4 is 15.0 Å². The number of rotatable bonds is 10. The zero-order chi connectivity index (χ0) is 37.7. The van der Waals surface area contributed by atoms with Crippen molar-refractivity contribution in [1.29, 1.82) is 0 Å². The average Bonchev–Trinajstić information content (AvgIpc) is 3.29. The molecule has 6 rings (SSSR count). The largest absolute Gasteiger partial charge is 0.506 e. The van der Waals surface area contributed by atoms with Gasteiger partial charge >= 0.3 is 0 Å². The zero-order valence-corrected chi connectivity index (χ0v) is 31.7. The molecular weight excluding hydrogens is 668 g/mol. The molecule has 0 radical (unpaired) electrons. The second-order valence-electron chi connectivity index (χ2n) is 15.3. The maximum atomic E-state index is 14.7. The van der Waals surface area contributed by atoms with Crippen molar-refractivity contribution < 1.29 is 29.0 Å². The van der Waals surface area contributed by atoms with E-state index in [2.05, 4.69) is 30.6 Å². The highest BCUT2D eigenvalue weighted by Crippen LogP contribution is 2.51. The van der Waals surface area contributed by atoms with Crippen molar-refractivity contribution >= 4 is 29.0 Å². The highest BCUT2D eigenvalue weighted by atomic mass is 16.5. The van der Waals surface area contributed by atoms with Crippen molar-refractivity contribution in [2.75, 3.05) is 56.2 Å². The van der Waals surface area contributed by atoms with Gasteiger partial charge in [-0.1, -0.05) is 56.9 Å². The Hall–Kier alpha value is -4.67. The predicted molar refractivity (Wildman–Crippen MR) is 208 cm³/mol. The van der Waals surface area contributed by atoms with E-state index < -0.39 is 6.04 Å². The number of Topliss-reactive ketones (excluding diaryl/α,β-unsaturated/α-hetero) is 1. The third-order valence-corrected chi connectivity index (χ3v) is 11.0. The smallest absolute Gasteiger partial charge is 0.228 e. The molecule has 0 aromatic heterocycles. The van der Waals surface area contributed by atoms with Crippen molar-refractivity contribution in [3.8, 4) is 11.5 Å². The minimum atomic E-state index is -0.785. The summed E-state index contributed by atoms with van der Waals surface area (Å²) in [4.78, 5) is 48.5. The molecule has 2 aromatic carbocycles. The van der Waals surface area contributed by atoms with Crippen LogP contribution in [0.25, 0.3) is 0 Å². The quantitative estimate of drug-likeness (QED) is 0.199. The Bertz CT molecular complexity index is 1810. The molecule has 0 bridgehead atoms. The molecule has 2 N–H and O–H groups in total. The van der Waals surface area contributed by atoms with Crippen molar-refractivity contribution in [3.63, 3.8) is 0 Å². The number of allylic oxidation sites excluding steroid dienone is 4. The lowest BCUT2D eigenvalue weighted by atomic mass is 9.73. The SMILES string of the molecule is C=C/C=C\C(=C/C)COc1ccc(C2C3=C(CC(C)(C)CC3=O)Nc3c(O)cccc3N2C(=O)CCC(=O)N2CCC(N3CCOCC3)CC2)c(C)c1. The average molecular weight is 723 g/mol. The summed E-state index contributed by atoms with van der Waals surface area (Å²) < 4.78 is 11.7. The van der Waals surface area contributed by atoms with Gasteiger partial charge in [0.05, 0.1) is 24.9 Å². The van der Waals surface area contributed by atoms with Crippen molar-refractivity contribution in [3.05, 3.63) is 95.3 Å². The van der Waals surface area contributed by atoms with Gasteiger partial charge in [-0.25, -0.2) is 0 Å². The number of morpholine rings is 1. The van der Waals surface area contributed by atoms with E-state index in [9.17, 15) is 19.5 Å².